The summed E-state index contributed by atoms with van der Waals surface area (Å²) < 4.78 is 5.17. The molecule has 0 aromatic carbocycles. The summed E-state index contributed by atoms with van der Waals surface area (Å²) in [5, 5.41) is 2.02. The Labute approximate surface area is 75.6 Å². The standard InChI is InChI=1S/C5H6OS4/c7-10(8)6-5-2-1-3-9-4-5/h1-3,10H,4H2. The molecule has 0 bridgehead atoms. The molecule has 1 nitrogen and oxygen atoms in total. The molecule has 0 fully saturated rings. The van der Waals surface area contributed by atoms with Crippen molar-refractivity contribution >= 4 is 42.4 Å². The van der Waals surface area contributed by atoms with Crippen LogP contribution in [-0.2, 0) is 34.9 Å². The maximum Gasteiger partial charge on any atom is 0.124 e. The average molecular weight is 210 g/mol. The smallest absolute Gasteiger partial charge is 0.124 e. The van der Waals surface area contributed by atoms with Gasteiger partial charge >= 0.3 is 0 Å². The molecule has 0 aromatic heterocycles. The van der Waals surface area contributed by atoms with Gasteiger partial charge in [-0.1, -0.05) is 6.08 Å². The number of thiol groups is 1. The number of allylic oxidation sites excluding steroid dienone is 2. The van der Waals surface area contributed by atoms with Crippen LogP contribution in [-0.4, -0.2) is 5.75 Å². The first-order valence-electron chi connectivity index (χ1n) is 2.59. The Kier molecular flexibility index (Phi) is 3.69. The number of rotatable bonds is 2. The minimum atomic E-state index is -1.07. The van der Waals surface area contributed by atoms with Gasteiger partial charge in [-0.15, -0.1) is 11.8 Å². The van der Waals surface area contributed by atoms with E-state index in [4.69, 9.17) is 26.6 Å². The Bertz CT molecular complexity index is 230. The summed E-state index contributed by atoms with van der Waals surface area (Å²) in [6, 6.07) is 0. The van der Waals surface area contributed by atoms with E-state index in [1.807, 2.05) is 17.6 Å². The van der Waals surface area contributed by atoms with Crippen LogP contribution in [0.25, 0.3) is 0 Å². The SMILES string of the molecule is S=[SH](=S)OC1=CC=CSC1. The second-order valence-electron chi connectivity index (χ2n) is 1.59. The number of hydrogen-bond donors (Lipinski definition) is 1. The first-order chi connectivity index (χ1) is 4.79. The van der Waals surface area contributed by atoms with E-state index >= 15 is 0 Å². The van der Waals surface area contributed by atoms with E-state index in [1.165, 1.54) is 0 Å². The Morgan fingerprint density at radius 3 is 2.90 bits per heavy atom. The highest BCUT2D eigenvalue weighted by Gasteiger charge is 1.98. The zero-order valence-electron chi connectivity index (χ0n) is 5.02. The van der Waals surface area contributed by atoms with Crippen molar-refractivity contribution in [1.82, 2.24) is 0 Å². The molecule has 1 aliphatic heterocycles. The summed E-state index contributed by atoms with van der Waals surface area (Å²) in [7, 11) is -1.07. The first-order valence-corrected chi connectivity index (χ1v) is 6.92. The lowest BCUT2D eigenvalue weighted by molar-refractivity contribution is 0.509. The summed E-state index contributed by atoms with van der Waals surface area (Å²) in [5.74, 6) is 1.77. The monoisotopic (exact) mass is 210 g/mol. The van der Waals surface area contributed by atoms with Gasteiger partial charge in [0, 0.05) is 0 Å². The molecule has 0 N–H and O–H groups in total. The van der Waals surface area contributed by atoms with Gasteiger partial charge in [0.15, 0.2) is 0 Å². The lowest BCUT2D eigenvalue weighted by Gasteiger charge is -2.05. The van der Waals surface area contributed by atoms with Gasteiger partial charge in [0.25, 0.3) is 0 Å². The van der Waals surface area contributed by atoms with Gasteiger partial charge in [0.05, 0.1) is 14.0 Å². The van der Waals surface area contributed by atoms with E-state index in [9.17, 15) is 0 Å². The van der Waals surface area contributed by atoms with Crippen molar-refractivity contribution in [3.63, 3.8) is 0 Å². The third-order valence-corrected chi connectivity index (χ3v) is 2.51. The van der Waals surface area contributed by atoms with Crippen molar-refractivity contribution in [2.24, 2.45) is 0 Å². The molecule has 10 heavy (non-hydrogen) atoms. The zero-order chi connectivity index (χ0) is 7.40. The Balaban J connectivity index is 2.55. The fraction of sp³-hybridized carbons (Fsp3) is 0.200. The molecule has 0 atom stereocenters. The molecule has 0 aromatic rings. The minimum Gasteiger partial charge on any atom is -0.428 e. The molecule has 0 saturated carbocycles. The highest BCUT2D eigenvalue weighted by atomic mass is 33.1. The summed E-state index contributed by atoms with van der Waals surface area (Å²) >= 11 is 11.2. The third-order valence-electron chi connectivity index (χ3n) is 0.874. The van der Waals surface area contributed by atoms with Crippen molar-refractivity contribution in [2.45, 2.75) is 0 Å². The third kappa shape index (κ3) is 3.01. The predicted molar refractivity (Wildman–Crippen MR) is 54.3 cm³/mol. The van der Waals surface area contributed by atoms with Crippen LogP contribution in [0.4, 0.5) is 0 Å². The molecular weight excluding hydrogens is 204 g/mol. The lowest BCUT2D eigenvalue weighted by Crippen LogP contribution is -1.93. The predicted octanol–water partition coefficient (Wildman–Crippen LogP) is 1.34. The van der Waals surface area contributed by atoms with Gasteiger partial charge in [-0.05, 0) is 33.9 Å². The summed E-state index contributed by atoms with van der Waals surface area (Å²) in [4.78, 5) is 0. The second-order valence-corrected chi connectivity index (χ2v) is 5.79. The first kappa shape index (κ1) is 8.52. The van der Waals surface area contributed by atoms with Crippen LogP contribution in [0.3, 0.4) is 0 Å². The lowest BCUT2D eigenvalue weighted by atomic mass is 10.5. The molecule has 0 saturated heterocycles. The quantitative estimate of drug-likeness (QED) is 0.688. The van der Waals surface area contributed by atoms with Crippen molar-refractivity contribution in [2.75, 3.05) is 5.75 Å². The van der Waals surface area contributed by atoms with E-state index in [1.54, 1.807) is 11.8 Å². The molecule has 0 spiro atoms. The Morgan fingerprint density at radius 2 is 2.40 bits per heavy atom. The molecule has 0 unspecified atom stereocenters. The van der Waals surface area contributed by atoms with Crippen LogP contribution < -0.4 is 0 Å². The van der Waals surface area contributed by atoms with Gasteiger partial charge in [-0.3, -0.25) is 0 Å². The van der Waals surface area contributed by atoms with E-state index in [0.717, 1.165) is 11.5 Å². The zero-order valence-corrected chi connectivity index (χ0v) is 8.36. The average Bonchev–Trinajstić information content (AvgIpc) is 1.88. The molecule has 56 valence electrons. The van der Waals surface area contributed by atoms with Gasteiger partial charge in [0.1, 0.15) is 5.76 Å². The molecule has 0 radical (unpaired) electrons. The maximum absolute atomic E-state index is 5.17. The molecular formula is C5H6OS4. The van der Waals surface area contributed by atoms with Crippen molar-refractivity contribution in [3.05, 3.63) is 23.3 Å². The number of hydrogen-bond acceptors (Lipinski definition) is 4. The van der Waals surface area contributed by atoms with E-state index < -0.39 is 8.29 Å². The molecule has 1 rings (SSSR count). The van der Waals surface area contributed by atoms with Crippen LogP contribution in [0.2, 0.25) is 0 Å². The van der Waals surface area contributed by atoms with Crippen LogP contribution >= 0.6 is 11.8 Å². The van der Waals surface area contributed by atoms with E-state index in [-0.39, 0.29) is 0 Å². The van der Waals surface area contributed by atoms with Crippen molar-refractivity contribution in [1.29, 1.82) is 0 Å². The second kappa shape index (κ2) is 4.33. The molecule has 5 heteroatoms. The van der Waals surface area contributed by atoms with Gasteiger partial charge in [0.2, 0.25) is 0 Å². The Hall–Kier alpha value is 0.420. The van der Waals surface area contributed by atoms with Crippen molar-refractivity contribution in [3.8, 4) is 0 Å². The van der Waals surface area contributed by atoms with Gasteiger partial charge in [-0.25, -0.2) is 0 Å². The fourth-order valence-electron chi connectivity index (χ4n) is 0.533. The van der Waals surface area contributed by atoms with Crippen LogP contribution in [0.15, 0.2) is 23.3 Å². The van der Waals surface area contributed by atoms with Crippen LogP contribution in [0, 0.1) is 0 Å². The van der Waals surface area contributed by atoms with Crippen LogP contribution in [0.5, 0.6) is 0 Å². The summed E-state index contributed by atoms with van der Waals surface area (Å²) in [6.07, 6.45) is 3.84. The number of thioether (sulfide) groups is 1. The highest BCUT2D eigenvalue weighted by molar-refractivity contribution is 8.44. The van der Waals surface area contributed by atoms with Crippen LogP contribution in [0.1, 0.15) is 0 Å². The molecule has 1 heterocycles. The van der Waals surface area contributed by atoms with Gasteiger partial charge < -0.3 is 4.18 Å². The minimum absolute atomic E-state index is 0.864. The summed E-state index contributed by atoms with van der Waals surface area (Å²) in [5.41, 5.74) is 0. The highest BCUT2D eigenvalue weighted by Crippen LogP contribution is 2.15. The van der Waals surface area contributed by atoms with E-state index in [0.29, 0.717) is 0 Å². The molecule has 1 aliphatic rings. The Morgan fingerprint density at radius 1 is 1.60 bits per heavy atom. The van der Waals surface area contributed by atoms with Gasteiger partial charge in [-0.2, -0.15) is 0 Å². The van der Waals surface area contributed by atoms with E-state index in [2.05, 4.69) is 0 Å². The topological polar surface area (TPSA) is 9.23 Å². The fourth-order valence-corrected chi connectivity index (χ4v) is 2.12. The largest absolute Gasteiger partial charge is 0.428 e. The summed E-state index contributed by atoms with van der Waals surface area (Å²) in [6.45, 7) is 0. The normalized spacial score (nSPS) is 17.1. The molecule has 0 amide bonds. The van der Waals surface area contributed by atoms with Crippen molar-refractivity contribution < 1.29 is 4.18 Å². The maximum atomic E-state index is 5.17. The molecule has 0 aliphatic carbocycles.